The number of sulfonamides is 1. The molecule has 0 unspecified atom stereocenters. The Kier molecular flexibility index (Phi) is 7.71. The molecule has 0 aliphatic carbocycles. The van der Waals surface area contributed by atoms with Crippen LogP contribution in [0.3, 0.4) is 0 Å². The molecule has 0 spiro atoms. The molecule has 2 N–H and O–H groups in total. The number of carboxylic acid groups (broad SMARTS) is 1. The number of likely N-dealkylation sites (tertiary alicyclic amines) is 1. The van der Waals surface area contributed by atoms with Crippen molar-refractivity contribution < 1.29 is 27.8 Å². The van der Waals surface area contributed by atoms with Gasteiger partial charge in [-0.2, -0.15) is 4.37 Å². The van der Waals surface area contributed by atoms with Crippen molar-refractivity contribution in [1.29, 1.82) is 0 Å². The lowest BCUT2D eigenvalue weighted by molar-refractivity contribution is 0.155. The van der Waals surface area contributed by atoms with Crippen molar-refractivity contribution in [2.24, 2.45) is 0 Å². The lowest BCUT2D eigenvalue weighted by Crippen LogP contribution is -2.31. The molecular formula is C22H24ClN5O6S2. The van der Waals surface area contributed by atoms with E-state index in [0.717, 1.165) is 15.8 Å². The molecule has 4 rings (SSSR count). The van der Waals surface area contributed by atoms with Crippen molar-refractivity contribution in [1.82, 2.24) is 14.3 Å². The molecule has 2 heterocycles. The van der Waals surface area contributed by atoms with Gasteiger partial charge in [-0.05, 0) is 30.7 Å². The number of halogens is 1. The normalized spacial score (nSPS) is 15.5. The molecule has 192 valence electrons. The maximum Gasteiger partial charge on any atom is 0.407 e. The van der Waals surface area contributed by atoms with Gasteiger partial charge in [0, 0.05) is 42.3 Å². The highest BCUT2D eigenvalue weighted by atomic mass is 35.5. The van der Waals surface area contributed by atoms with Crippen molar-refractivity contribution in [3.05, 3.63) is 53.3 Å². The fourth-order valence-corrected chi connectivity index (χ4v) is 6.57. The molecule has 1 atom stereocenters. The second kappa shape index (κ2) is 10.8. The van der Waals surface area contributed by atoms with E-state index in [2.05, 4.69) is 14.7 Å². The largest absolute Gasteiger partial charge is 0.497 e. The molecule has 1 aromatic heterocycles. The first-order valence-electron chi connectivity index (χ1n) is 10.8. The summed E-state index contributed by atoms with van der Waals surface area (Å²) in [6, 6.07) is 9.56. The Morgan fingerprint density at radius 3 is 2.75 bits per heavy atom. The summed E-state index contributed by atoms with van der Waals surface area (Å²) in [5.41, 5.74) is 0.983. The van der Waals surface area contributed by atoms with Crippen molar-refractivity contribution >= 4 is 50.1 Å². The highest BCUT2D eigenvalue weighted by Gasteiger charge is 2.32. The summed E-state index contributed by atoms with van der Waals surface area (Å²) in [6.45, 7) is 0.572. The standard InChI is InChI=1S/C22H24ClN5O6S2/c1-33-16-7-6-14(18(10-16)34-2)11-28(21-24-13-25-35-21)36(31,32)19-5-3-4-17(20(19)23)26-15-8-9-27(12-15)22(29)30/h3-7,10,13,15,26H,8-9,11-12H2,1-2H3,(H,29,30)/t15-/m0/s1. The number of methoxy groups -OCH3 is 2. The Morgan fingerprint density at radius 1 is 1.31 bits per heavy atom. The molecule has 36 heavy (non-hydrogen) atoms. The number of hydrogen-bond donors (Lipinski definition) is 2. The van der Waals surface area contributed by atoms with Crippen LogP contribution < -0.4 is 19.1 Å². The Hall–Kier alpha value is -3.29. The summed E-state index contributed by atoms with van der Waals surface area (Å²) in [5, 5.41) is 12.5. The van der Waals surface area contributed by atoms with Crippen molar-refractivity contribution in [2.75, 3.05) is 36.9 Å². The third kappa shape index (κ3) is 5.27. The Bertz CT molecular complexity index is 1340. The predicted molar refractivity (Wildman–Crippen MR) is 136 cm³/mol. The second-order valence-corrected chi connectivity index (χ2v) is 10.9. The van der Waals surface area contributed by atoms with Gasteiger partial charge in [0.05, 0.1) is 31.5 Å². The quantitative estimate of drug-likeness (QED) is 0.406. The number of amides is 1. The van der Waals surface area contributed by atoms with E-state index in [1.165, 1.54) is 31.5 Å². The summed E-state index contributed by atoms with van der Waals surface area (Å²) >= 11 is 7.54. The fourth-order valence-electron chi connectivity index (χ4n) is 3.88. The van der Waals surface area contributed by atoms with E-state index in [0.29, 0.717) is 35.7 Å². The molecule has 0 saturated carbocycles. The molecular weight excluding hydrogens is 530 g/mol. The maximum atomic E-state index is 13.9. The van der Waals surface area contributed by atoms with E-state index < -0.39 is 16.1 Å². The fraction of sp³-hybridized carbons (Fsp3) is 0.318. The van der Waals surface area contributed by atoms with Gasteiger partial charge >= 0.3 is 6.09 Å². The van der Waals surface area contributed by atoms with Gasteiger partial charge in [-0.15, -0.1) is 0 Å². The number of hydrogen-bond acceptors (Lipinski definition) is 9. The number of carbonyl (C=O) groups is 1. The van der Waals surface area contributed by atoms with Gasteiger partial charge in [0.2, 0.25) is 5.13 Å². The van der Waals surface area contributed by atoms with E-state index in [-0.39, 0.29) is 34.2 Å². The molecule has 1 saturated heterocycles. The number of ether oxygens (including phenoxy) is 2. The SMILES string of the molecule is COc1ccc(CN(c2ncns2)S(=O)(=O)c2cccc(N[C@H]3CCN(C(=O)O)C3)c2Cl)c(OC)c1. The van der Waals surface area contributed by atoms with Gasteiger partial charge < -0.3 is 24.8 Å². The number of nitrogens with zero attached hydrogens (tertiary/aromatic N) is 4. The highest BCUT2D eigenvalue weighted by Crippen LogP contribution is 2.36. The van der Waals surface area contributed by atoms with Crippen LogP contribution in [0.2, 0.25) is 5.02 Å². The molecule has 0 radical (unpaired) electrons. The minimum Gasteiger partial charge on any atom is -0.497 e. The van der Waals surface area contributed by atoms with E-state index >= 15 is 0 Å². The summed E-state index contributed by atoms with van der Waals surface area (Å²) in [6.07, 6.45) is 0.860. The molecule has 14 heteroatoms. The molecule has 0 bridgehead atoms. The number of benzene rings is 2. The zero-order valence-electron chi connectivity index (χ0n) is 19.4. The molecule has 1 aliphatic heterocycles. The van der Waals surface area contributed by atoms with Crippen LogP contribution in [0.1, 0.15) is 12.0 Å². The third-order valence-electron chi connectivity index (χ3n) is 5.72. The van der Waals surface area contributed by atoms with Gasteiger partial charge in [0.25, 0.3) is 10.0 Å². The number of anilines is 2. The predicted octanol–water partition coefficient (Wildman–Crippen LogP) is 3.77. The van der Waals surface area contributed by atoms with Crippen LogP contribution in [0, 0.1) is 0 Å². The van der Waals surface area contributed by atoms with Crippen LogP contribution in [0.15, 0.2) is 47.6 Å². The zero-order chi connectivity index (χ0) is 25.9. The van der Waals surface area contributed by atoms with Gasteiger partial charge in [-0.1, -0.05) is 17.7 Å². The number of aromatic nitrogens is 2. The molecule has 1 amide bonds. The number of nitrogens with one attached hydrogen (secondary N) is 1. The monoisotopic (exact) mass is 553 g/mol. The minimum absolute atomic E-state index is 0.00230. The van der Waals surface area contributed by atoms with Crippen LogP contribution in [0.5, 0.6) is 11.5 Å². The van der Waals surface area contributed by atoms with E-state index in [4.69, 9.17) is 21.1 Å². The van der Waals surface area contributed by atoms with Crippen LogP contribution in [0.4, 0.5) is 15.6 Å². The second-order valence-electron chi connectivity index (χ2n) is 7.89. The molecule has 3 aromatic rings. The van der Waals surface area contributed by atoms with Gasteiger partial charge in [0.1, 0.15) is 22.7 Å². The van der Waals surface area contributed by atoms with Crippen LogP contribution in [-0.4, -0.2) is 67.2 Å². The Balaban J connectivity index is 1.68. The first-order valence-corrected chi connectivity index (χ1v) is 13.4. The van der Waals surface area contributed by atoms with Gasteiger partial charge in [0.15, 0.2) is 0 Å². The average Bonchev–Trinajstić information content (AvgIpc) is 3.56. The van der Waals surface area contributed by atoms with Gasteiger partial charge in [-0.25, -0.2) is 22.5 Å². The van der Waals surface area contributed by atoms with Gasteiger partial charge in [-0.3, -0.25) is 0 Å². The van der Waals surface area contributed by atoms with Crippen LogP contribution >= 0.6 is 23.1 Å². The third-order valence-corrected chi connectivity index (χ3v) is 8.82. The Morgan fingerprint density at radius 2 is 2.11 bits per heavy atom. The smallest absolute Gasteiger partial charge is 0.407 e. The summed E-state index contributed by atoms with van der Waals surface area (Å²) < 4.78 is 43.6. The lowest BCUT2D eigenvalue weighted by Gasteiger charge is -2.24. The topological polar surface area (TPSA) is 134 Å². The van der Waals surface area contributed by atoms with E-state index in [9.17, 15) is 18.3 Å². The number of rotatable bonds is 9. The van der Waals surface area contributed by atoms with Crippen LogP contribution in [-0.2, 0) is 16.6 Å². The summed E-state index contributed by atoms with van der Waals surface area (Å²) in [4.78, 5) is 16.5. The summed E-state index contributed by atoms with van der Waals surface area (Å²) in [7, 11) is -1.18. The molecule has 1 aliphatic rings. The Labute approximate surface area is 217 Å². The van der Waals surface area contributed by atoms with E-state index in [1.54, 1.807) is 30.3 Å². The van der Waals surface area contributed by atoms with Crippen LogP contribution in [0.25, 0.3) is 0 Å². The average molecular weight is 554 g/mol. The summed E-state index contributed by atoms with van der Waals surface area (Å²) in [5.74, 6) is 1.01. The highest BCUT2D eigenvalue weighted by molar-refractivity contribution is 7.93. The molecule has 11 nitrogen and oxygen atoms in total. The van der Waals surface area contributed by atoms with Crippen molar-refractivity contribution in [2.45, 2.75) is 23.9 Å². The maximum absolute atomic E-state index is 13.9. The molecule has 1 fully saturated rings. The van der Waals surface area contributed by atoms with Crippen molar-refractivity contribution in [3.63, 3.8) is 0 Å². The first-order chi connectivity index (χ1) is 17.2. The minimum atomic E-state index is -4.20. The van der Waals surface area contributed by atoms with E-state index in [1.807, 2.05) is 0 Å². The lowest BCUT2D eigenvalue weighted by atomic mass is 10.2. The molecule has 2 aromatic carbocycles. The first kappa shape index (κ1) is 25.8. The zero-order valence-corrected chi connectivity index (χ0v) is 21.8. The van der Waals surface area contributed by atoms with Crippen molar-refractivity contribution in [3.8, 4) is 11.5 Å².